The van der Waals surface area contributed by atoms with Gasteiger partial charge in [0.2, 0.25) is 0 Å². The summed E-state index contributed by atoms with van der Waals surface area (Å²) in [6.07, 6.45) is 7.08. The summed E-state index contributed by atoms with van der Waals surface area (Å²) in [7, 11) is 0. The van der Waals surface area contributed by atoms with E-state index in [1.807, 2.05) is 0 Å². The van der Waals surface area contributed by atoms with Gasteiger partial charge in [-0.3, -0.25) is 0 Å². The molecule has 1 aromatic rings. The summed E-state index contributed by atoms with van der Waals surface area (Å²) in [6.45, 7) is 6.95. The van der Waals surface area contributed by atoms with Crippen LogP contribution in [0.5, 0.6) is 0 Å². The van der Waals surface area contributed by atoms with Crippen LogP contribution in [-0.4, -0.2) is 13.1 Å². The molecule has 0 aliphatic heterocycles. The van der Waals surface area contributed by atoms with E-state index in [4.69, 9.17) is 0 Å². The quantitative estimate of drug-likeness (QED) is 0.791. The Morgan fingerprint density at radius 3 is 2.35 bits per heavy atom. The second-order valence-corrected chi connectivity index (χ2v) is 7.25. The second kappa shape index (κ2) is 6.30. The summed E-state index contributed by atoms with van der Waals surface area (Å²) in [5.41, 5.74) is 3.36. The molecule has 1 heteroatoms. The van der Waals surface area contributed by atoms with E-state index < -0.39 is 0 Å². The van der Waals surface area contributed by atoms with Gasteiger partial charge in [-0.05, 0) is 73.6 Å². The third-order valence-electron chi connectivity index (χ3n) is 5.32. The van der Waals surface area contributed by atoms with Gasteiger partial charge in [-0.25, -0.2) is 0 Å². The highest BCUT2D eigenvalue weighted by atomic mass is 14.9. The molecule has 0 aromatic heterocycles. The fraction of sp³-hybridized carbons (Fsp3) is 0.684. The maximum Gasteiger partial charge on any atom is -0.00146 e. The maximum absolute atomic E-state index is 3.66. The predicted octanol–water partition coefficient (Wildman–Crippen LogP) is 4.69. The average molecular weight is 271 g/mol. The lowest BCUT2D eigenvalue weighted by Gasteiger charge is -2.40. The zero-order valence-corrected chi connectivity index (χ0v) is 13.1. The standard InChI is InChI=1S/C19H29N/c1-14(2)12-20-13-16-10-11-18(16)19-9-4-3-8-17(19)15-6-5-7-15/h3-4,8-9,14-16,18,20H,5-7,10-13H2,1-2H3. The molecule has 110 valence electrons. The smallest absolute Gasteiger partial charge is 0.00146 e. The summed E-state index contributed by atoms with van der Waals surface area (Å²) < 4.78 is 0. The molecule has 2 saturated carbocycles. The van der Waals surface area contributed by atoms with E-state index in [1.165, 1.54) is 38.6 Å². The van der Waals surface area contributed by atoms with Crippen LogP contribution >= 0.6 is 0 Å². The van der Waals surface area contributed by atoms with Crippen molar-refractivity contribution in [3.63, 3.8) is 0 Å². The highest BCUT2D eigenvalue weighted by Crippen LogP contribution is 2.47. The van der Waals surface area contributed by atoms with E-state index in [1.54, 1.807) is 11.1 Å². The van der Waals surface area contributed by atoms with Gasteiger partial charge in [0.1, 0.15) is 0 Å². The Balaban J connectivity index is 1.63. The number of benzene rings is 1. The van der Waals surface area contributed by atoms with Crippen LogP contribution in [0.2, 0.25) is 0 Å². The molecule has 0 radical (unpaired) electrons. The molecular formula is C19H29N. The first kappa shape index (κ1) is 14.1. The van der Waals surface area contributed by atoms with Crippen molar-refractivity contribution in [1.29, 1.82) is 0 Å². The largest absolute Gasteiger partial charge is 0.316 e. The molecule has 2 fully saturated rings. The molecular weight excluding hydrogens is 242 g/mol. The van der Waals surface area contributed by atoms with Gasteiger partial charge in [0.25, 0.3) is 0 Å². The minimum absolute atomic E-state index is 0.760. The van der Waals surface area contributed by atoms with Crippen molar-refractivity contribution in [2.24, 2.45) is 11.8 Å². The van der Waals surface area contributed by atoms with Crippen molar-refractivity contribution in [2.75, 3.05) is 13.1 Å². The van der Waals surface area contributed by atoms with E-state index >= 15 is 0 Å². The lowest BCUT2D eigenvalue weighted by Crippen LogP contribution is -2.36. The molecule has 2 aliphatic rings. The van der Waals surface area contributed by atoms with Crippen LogP contribution < -0.4 is 5.32 Å². The zero-order chi connectivity index (χ0) is 13.9. The van der Waals surface area contributed by atoms with Crippen molar-refractivity contribution in [3.05, 3.63) is 35.4 Å². The molecule has 1 aromatic carbocycles. The summed E-state index contributed by atoms with van der Waals surface area (Å²) in [4.78, 5) is 0. The minimum atomic E-state index is 0.760. The topological polar surface area (TPSA) is 12.0 Å². The van der Waals surface area contributed by atoms with Gasteiger partial charge >= 0.3 is 0 Å². The number of hydrogen-bond acceptors (Lipinski definition) is 1. The van der Waals surface area contributed by atoms with Gasteiger partial charge in [0.05, 0.1) is 0 Å². The third kappa shape index (κ3) is 2.93. The molecule has 0 heterocycles. The van der Waals surface area contributed by atoms with Gasteiger partial charge in [-0.2, -0.15) is 0 Å². The van der Waals surface area contributed by atoms with Crippen LogP contribution in [0.15, 0.2) is 24.3 Å². The van der Waals surface area contributed by atoms with E-state index in [9.17, 15) is 0 Å². The molecule has 0 amide bonds. The Morgan fingerprint density at radius 1 is 1.05 bits per heavy atom. The molecule has 1 N–H and O–H groups in total. The van der Waals surface area contributed by atoms with Crippen molar-refractivity contribution >= 4 is 0 Å². The Bertz CT molecular complexity index is 433. The van der Waals surface area contributed by atoms with E-state index in [2.05, 4.69) is 43.4 Å². The van der Waals surface area contributed by atoms with Crippen LogP contribution in [0, 0.1) is 11.8 Å². The summed E-state index contributed by atoms with van der Waals surface area (Å²) in [5.74, 6) is 3.33. The number of rotatable bonds is 6. The fourth-order valence-electron chi connectivity index (χ4n) is 3.72. The first-order valence-corrected chi connectivity index (χ1v) is 8.55. The third-order valence-corrected chi connectivity index (χ3v) is 5.32. The number of hydrogen-bond donors (Lipinski definition) is 1. The Labute approximate surface area is 124 Å². The molecule has 2 atom stereocenters. The van der Waals surface area contributed by atoms with E-state index in [-0.39, 0.29) is 0 Å². The SMILES string of the molecule is CC(C)CNCC1CCC1c1ccccc1C1CCC1. The van der Waals surface area contributed by atoms with Crippen LogP contribution in [0.4, 0.5) is 0 Å². The van der Waals surface area contributed by atoms with Crippen LogP contribution in [0.25, 0.3) is 0 Å². The molecule has 0 spiro atoms. The van der Waals surface area contributed by atoms with Gasteiger partial charge in [-0.1, -0.05) is 44.5 Å². The summed E-state index contributed by atoms with van der Waals surface area (Å²) in [6, 6.07) is 9.29. The van der Waals surface area contributed by atoms with Crippen molar-refractivity contribution < 1.29 is 0 Å². The Hall–Kier alpha value is -0.820. The van der Waals surface area contributed by atoms with Gasteiger partial charge < -0.3 is 5.32 Å². The summed E-state index contributed by atoms with van der Waals surface area (Å²) >= 11 is 0. The lowest BCUT2D eigenvalue weighted by atomic mass is 9.66. The molecule has 3 rings (SSSR count). The lowest BCUT2D eigenvalue weighted by molar-refractivity contribution is 0.240. The first-order chi connectivity index (χ1) is 9.75. The molecule has 0 saturated heterocycles. The molecule has 20 heavy (non-hydrogen) atoms. The zero-order valence-electron chi connectivity index (χ0n) is 13.1. The predicted molar refractivity (Wildman–Crippen MR) is 86.2 cm³/mol. The number of nitrogens with one attached hydrogen (secondary N) is 1. The average Bonchev–Trinajstić information content (AvgIpc) is 2.33. The molecule has 2 aliphatic carbocycles. The second-order valence-electron chi connectivity index (χ2n) is 7.25. The van der Waals surface area contributed by atoms with Crippen LogP contribution in [-0.2, 0) is 0 Å². The Kier molecular flexibility index (Phi) is 4.45. The first-order valence-electron chi connectivity index (χ1n) is 8.55. The molecule has 0 bridgehead atoms. The van der Waals surface area contributed by atoms with Crippen LogP contribution in [0.1, 0.15) is 68.9 Å². The van der Waals surface area contributed by atoms with E-state index in [0.717, 1.165) is 30.2 Å². The fourth-order valence-corrected chi connectivity index (χ4v) is 3.72. The maximum atomic E-state index is 3.66. The van der Waals surface area contributed by atoms with Gasteiger partial charge in [-0.15, -0.1) is 0 Å². The van der Waals surface area contributed by atoms with Crippen LogP contribution in [0.3, 0.4) is 0 Å². The minimum Gasteiger partial charge on any atom is -0.316 e. The highest BCUT2D eigenvalue weighted by molar-refractivity contribution is 5.36. The van der Waals surface area contributed by atoms with Crippen molar-refractivity contribution in [3.8, 4) is 0 Å². The molecule has 1 nitrogen and oxygen atoms in total. The molecule has 2 unspecified atom stereocenters. The van der Waals surface area contributed by atoms with Crippen molar-refractivity contribution in [2.45, 2.75) is 57.8 Å². The van der Waals surface area contributed by atoms with Gasteiger partial charge in [0.15, 0.2) is 0 Å². The monoisotopic (exact) mass is 271 g/mol. The van der Waals surface area contributed by atoms with E-state index in [0.29, 0.717) is 0 Å². The highest BCUT2D eigenvalue weighted by Gasteiger charge is 2.34. The van der Waals surface area contributed by atoms with Crippen molar-refractivity contribution in [1.82, 2.24) is 5.32 Å². The Morgan fingerprint density at radius 2 is 1.80 bits per heavy atom. The normalized spacial score (nSPS) is 26.4. The summed E-state index contributed by atoms with van der Waals surface area (Å²) in [5, 5.41) is 3.66. The van der Waals surface area contributed by atoms with Gasteiger partial charge in [0, 0.05) is 0 Å².